The van der Waals surface area contributed by atoms with Crippen molar-refractivity contribution in [2.45, 2.75) is 13.8 Å². The van der Waals surface area contributed by atoms with Gasteiger partial charge in [-0.3, -0.25) is 0 Å². The minimum atomic E-state index is -0.990. The molecule has 2 aromatic rings. The molecular weight excluding hydrogens is 245 g/mol. The second kappa shape index (κ2) is 5.10. The van der Waals surface area contributed by atoms with E-state index in [-0.39, 0.29) is 5.82 Å². The molecule has 0 saturated heterocycles. The van der Waals surface area contributed by atoms with Gasteiger partial charge in [0.1, 0.15) is 5.82 Å². The van der Waals surface area contributed by atoms with Gasteiger partial charge in [-0.2, -0.15) is 0 Å². The first-order valence-corrected chi connectivity index (χ1v) is 5.85. The molecule has 0 aliphatic heterocycles. The first-order chi connectivity index (χ1) is 8.99. The molecule has 4 heteroatoms. The summed E-state index contributed by atoms with van der Waals surface area (Å²) in [6.45, 7) is 3.77. The third-order valence-electron chi connectivity index (χ3n) is 2.94. The second-order valence-corrected chi connectivity index (χ2v) is 4.31. The third-order valence-corrected chi connectivity index (χ3v) is 2.94. The van der Waals surface area contributed by atoms with Gasteiger partial charge in [-0.1, -0.05) is 6.07 Å². The number of halogens is 1. The number of aliphatic carboxylic acids is 1. The Morgan fingerprint density at radius 2 is 2.05 bits per heavy atom. The number of rotatable bonds is 3. The van der Waals surface area contributed by atoms with Gasteiger partial charge in [-0.05, 0) is 49.8 Å². The molecule has 0 saturated carbocycles. The van der Waals surface area contributed by atoms with E-state index in [2.05, 4.69) is 0 Å². The smallest absolute Gasteiger partial charge is 0.328 e. The van der Waals surface area contributed by atoms with Crippen molar-refractivity contribution in [3.63, 3.8) is 0 Å². The molecule has 0 unspecified atom stereocenters. The van der Waals surface area contributed by atoms with E-state index in [1.165, 1.54) is 12.1 Å². The SMILES string of the molecule is Cc1cc(/C=C/C(=O)O)c(C)n1-c1cccc(F)c1. The van der Waals surface area contributed by atoms with Gasteiger partial charge in [0.15, 0.2) is 0 Å². The summed E-state index contributed by atoms with van der Waals surface area (Å²) in [5, 5.41) is 8.65. The monoisotopic (exact) mass is 259 g/mol. The molecular formula is C15H14FNO2. The van der Waals surface area contributed by atoms with Crippen LogP contribution in [0.3, 0.4) is 0 Å². The van der Waals surface area contributed by atoms with Crippen LogP contribution in [0.15, 0.2) is 36.4 Å². The number of benzene rings is 1. The Hall–Kier alpha value is -2.36. The van der Waals surface area contributed by atoms with E-state index in [9.17, 15) is 9.18 Å². The molecule has 1 N–H and O–H groups in total. The summed E-state index contributed by atoms with van der Waals surface area (Å²) in [6, 6.07) is 8.18. The van der Waals surface area contributed by atoms with E-state index >= 15 is 0 Å². The number of carboxylic acid groups (broad SMARTS) is 1. The minimum Gasteiger partial charge on any atom is -0.478 e. The van der Waals surface area contributed by atoms with Crippen molar-refractivity contribution < 1.29 is 14.3 Å². The topological polar surface area (TPSA) is 42.2 Å². The fourth-order valence-electron chi connectivity index (χ4n) is 2.13. The van der Waals surface area contributed by atoms with Gasteiger partial charge in [-0.25, -0.2) is 9.18 Å². The molecule has 3 nitrogen and oxygen atoms in total. The third kappa shape index (κ3) is 2.73. The molecule has 0 amide bonds. The standard InChI is InChI=1S/C15H14FNO2/c1-10-8-12(6-7-15(18)19)11(2)17(10)14-5-3-4-13(16)9-14/h3-9H,1-2H3,(H,18,19)/b7-6+. The molecule has 0 radical (unpaired) electrons. The van der Waals surface area contributed by atoms with E-state index in [4.69, 9.17) is 5.11 Å². The van der Waals surface area contributed by atoms with Gasteiger partial charge in [0.2, 0.25) is 0 Å². The molecule has 0 bridgehead atoms. The van der Waals surface area contributed by atoms with Crippen LogP contribution in [0.4, 0.5) is 4.39 Å². The lowest BCUT2D eigenvalue weighted by Crippen LogP contribution is -1.99. The van der Waals surface area contributed by atoms with Crippen molar-refractivity contribution in [1.82, 2.24) is 4.57 Å². The fraction of sp³-hybridized carbons (Fsp3) is 0.133. The average Bonchev–Trinajstić information content (AvgIpc) is 2.62. The van der Waals surface area contributed by atoms with Gasteiger partial charge in [0.25, 0.3) is 0 Å². The van der Waals surface area contributed by atoms with E-state index in [1.807, 2.05) is 30.5 Å². The minimum absolute atomic E-state index is 0.298. The molecule has 0 aliphatic carbocycles. The zero-order chi connectivity index (χ0) is 14.0. The van der Waals surface area contributed by atoms with Gasteiger partial charge in [0.05, 0.1) is 0 Å². The van der Waals surface area contributed by atoms with Gasteiger partial charge in [0, 0.05) is 23.2 Å². The number of hydrogen-bond acceptors (Lipinski definition) is 1. The van der Waals surface area contributed by atoms with Crippen LogP contribution in [-0.4, -0.2) is 15.6 Å². The van der Waals surface area contributed by atoms with Crippen molar-refractivity contribution >= 4 is 12.0 Å². The summed E-state index contributed by atoms with van der Waals surface area (Å²) in [5.74, 6) is -1.29. The average molecular weight is 259 g/mol. The Morgan fingerprint density at radius 3 is 2.68 bits per heavy atom. The van der Waals surface area contributed by atoms with Crippen molar-refractivity contribution in [2.75, 3.05) is 0 Å². The van der Waals surface area contributed by atoms with Crippen LogP contribution in [0, 0.1) is 19.7 Å². The fourth-order valence-corrected chi connectivity index (χ4v) is 2.13. The van der Waals surface area contributed by atoms with Crippen LogP contribution < -0.4 is 0 Å². The number of aromatic nitrogens is 1. The molecule has 19 heavy (non-hydrogen) atoms. The van der Waals surface area contributed by atoms with E-state index in [0.29, 0.717) is 0 Å². The van der Waals surface area contributed by atoms with Gasteiger partial charge >= 0.3 is 5.97 Å². The highest BCUT2D eigenvalue weighted by atomic mass is 19.1. The van der Waals surface area contributed by atoms with Crippen LogP contribution in [0.1, 0.15) is 17.0 Å². The molecule has 0 aliphatic rings. The van der Waals surface area contributed by atoms with Crippen LogP contribution in [0.25, 0.3) is 11.8 Å². The highest BCUT2D eigenvalue weighted by molar-refractivity contribution is 5.85. The number of nitrogens with zero attached hydrogens (tertiary/aromatic N) is 1. The predicted molar refractivity (Wildman–Crippen MR) is 71.9 cm³/mol. The molecule has 98 valence electrons. The Kier molecular flexibility index (Phi) is 3.51. The molecule has 2 rings (SSSR count). The van der Waals surface area contributed by atoms with Crippen molar-refractivity contribution in [1.29, 1.82) is 0 Å². The van der Waals surface area contributed by atoms with Crippen molar-refractivity contribution in [2.24, 2.45) is 0 Å². The number of carboxylic acids is 1. The lowest BCUT2D eigenvalue weighted by atomic mass is 10.2. The van der Waals surface area contributed by atoms with E-state index in [1.54, 1.807) is 12.1 Å². The number of hydrogen-bond donors (Lipinski definition) is 1. The highest BCUT2D eigenvalue weighted by Crippen LogP contribution is 2.22. The molecule has 1 aromatic carbocycles. The van der Waals surface area contributed by atoms with Crippen LogP contribution in [0.2, 0.25) is 0 Å². The lowest BCUT2D eigenvalue weighted by molar-refractivity contribution is -0.131. The zero-order valence-electron chi connectivity index (χ0n) is 10.7. The maximum Gasteiger partial charge on any atom is 0.328 e. The highest BCUT2D eigenvalue weighted by Gasteiger charge is 2.09. The van der Waals surface area contributed by atoms with Crippen molar-refractivity contribution in [3.8, 4) is 5.69 Å². The normalized spacial score (nSPS) is 11.1. The van der Waals surface area contributed by atoms with E-state index < -0.39 is 5.97 Å². The summed E-state index contributed by atoms with van der Waals surface area (Å²) in [4.78, 5) is 10.5. The first kappa shape index (κ1) is 13.1. The Morgan fingerprint density at radius 1 is 1.32 bits per heavy atom. The van der Waals surface area contributed by atoms with Crippen LogP contribution >= 0.6 is 0 Å². The van der Waals surface area contributed by atoms with Crippen molar-refractivity contribution in [3.05, 3.63) is 59.2 Å². The lowest BCUT2D eigenvalue weighted by Gasteiger charge is -2.09. The Balaban J connectivity index is 2.51. The molecule has 0 atom stereocenters. The molecule has 1 heterocycles. The Labute approximate surface area is 110 Å². The molecule has 0 spiro atoms. The Bertz CT molecular complexity index is 656. The quantitative estimate of drug-likeness (QED) is 0.859. The maximum atomic E-state index is 13.3. The van der Waals surface area contributed by atoms with Crippen LogP contribution in [-0.2, 0) is 4.79 Å². The van der Waals surface area contributed by atoms with Gasteiger partial charge < -0.3 is 9.67 Å². The molecule has 0 fully saturated rings. The zero-order valence-corrected chi connectivity index (χ0v) is 10.7. The number of carbonyl (C=O) groups is 1. The summed E-state index contributed by atoms with van der Waals surface area (Å²) < 4.78 is 15.2. The second-order valence-electron chi connectivity index (χ2n) is 4.31. The predicted octanol–water partition coefficient (Wildman–Crippen LogP) is 3.33. The maximum absolute atomic E-state index is 13.3. The summed E-state index contributed by atoms with van der Waals surface area (Å²) in [7, 11) is 0. The summed E-state index contributed by atoms with van der Waals surface area (Å²) in [6.07, 6.45) is 2.64. The number of aryl methyl sites for hydroxylation is 1. The van der Waals surface area contributed by atoms with Gasteiger partial charge in [-0.15, -0.1) is 0 Å². The molecule has 1 aromatic heterocycles. The van der Waals surface area contributed by atoms with Crippen LogP contribution in [0.5, 0.6) is 0 Å². The summed E-state index contributed by atoms with van der Waals surface area (Å²) >= 11 is 0. The summed E-state index contributed by atoms with van der Waals surface area (Å²) in [5.41, 5.74) is 3.34. The largest absolute Gasteiger partial charge is 0.478 e. The first-order valence-electron chi connectivity index (χ1n) is 5.85. The van der Waals surface area contributed by atoms with E-state index in [0.717, 1.165) is 28.7 Å².